The summed E-state index contributed by atoms with van der Waals surface area (Å²) >= 11 is 0. The number of anilines is 2. The molecule has 1 heterocycles. The lowest BCUT2D eigenvalue weighted by Gasteiger charge is -2.15. The third-order valence-corrected chi connectivity index (χ3v) is 4.44. The van der Waals surface area contributed by atoms with E-state index in [1.807, 2.05) is 37.3 Å². The highest BCUT2D eigenvalue weighted by atomic mass is 16.1. The summed E-state index contributed by atoms with van der Waals surface area (Å²) in [4.78, 5) is 17.5. The number of pyridine rings is 1. The van der Waals surface area contributed by atoms with E-state index in [1.165, 1.54) is 11.1 Å². The highest BCUT2D eigenvalue weighted by Crippen LogP contribution is 2.24. The highest BCUT2D eigenvalue weighted by molar-refractivity contribution is 6.07. The van der Waals surface area contributed by atoms with Crippen LogP contribution in [0.3, 0.4) is 0 Å². The molecule has 2 N–H and O–H groups in total. The van der Waals surface area contributed by atoms with Gasteiger partial charge in [0.05, 0.1) is 11.1 Å². The molecule has 1 aromatic heterocycles. The van der Waals surface area contributed by atoms with Gasteiger partial charge in [-0.1, -0.05) is 31.2 Å². The van der Waals surface area contributed by atoms with Gasteiger partial charge in [-0.25, -0.2) is 4.98 Å². The Labute approximate surface area is 154 Å². The van der Waals surface area contributed by atoms with Crippen LogP contribution in [0.2, 0.25) is 0 Å². The molecule has 0 radical (unpaired) electrons. The molecule has 3 aromatic rings. The Hall–Kier alpha value is -2.88. The van der Waals surface area contributed by atoms with Gasteiger partial charge in [-0.15, -0.1) is 0 Å². The Morgan fingerprint density at radius 3 is 2.46 bits per heavy atom. The summed E-state index contributed by atoms with van der Waals surface area (Å²) in [5.74, 6) is 0.601. The van der Waals surface area contributed by atoms with Crippen molar-refractivity contribution in [3.05, 3.63) is 65.2 Å². The fraction of sp³-hybridized carbons (Fsp3) is 0.273. The van der Waals surface area contributed by atoms with Crippen LogP contribution in [0, 0.1) is 13.8 Å². The molecule has 0 saturated carbocycles. The van der Waals surface area contributed by atoms with Crippen LogP contribution in [0.1, 0.15) is 41.8 Å². The van der Waals surface area contributed by atoms with Crippen molar-refractivity contribution in [2.45, 2.75) is 40.2 Å². The van der Waals surface area contributed by atoms with Gasteiger partial charge < -0.3 is 10.6 Å². The lowest BCUT2D eigenvalue weighted by molar-refractivity contribution is 0.0941. The Bertz CT molecular complexity index is 929. The summed E-state index contributed by atoms with van der Waals surface area (Å²) in [5, 5.41) is 7.26. The summed E-state index contributed by atoms with van der Waals surface area (Å²) in [6.45, 7) is 8.20. The number of carbonyl (C=O) groups excluding carboxylic acids is 1. The maximum Gasteiger partial charge on any atom is 0.252 e. The van der Waals surface area contributed by atoms with Crippen LogP contribution in [0.25, 0.3) is 10.9 Å². The Morgan fingerprint density at radius 2 is 1.77 bits per heavy atom. The first kappa shape index (κ1) is 17.9. The summed E-state index contributed by atoms with van der Waals surface area (Å²) in [6, 6.07) is 16.0. The van der Waals surface area contributed by atoms with Crippen molar-refractivity contribution in [3.63, 3.8) is 0 Å². The molecule has 4 nitrogen and oxygen atoms in total. The number of rotatable bonds is 5. The van der Waals surface area contributed by atoms with E-state index in [0.717, 1.165) is 23.0 Å². The van der Waals surface area contributed by atoms with E-state index in [1.54, 1.807) is 0 Å². The monoisotopic (exact) mass is 347 g/mol. The van der Waals surface area contributed by atoms with Crippen molar-refractivity contribution < 1.29 is 4.79 Å². The van der Waals surface area contributed by atoms with Gasteiger partial charge in [-0.2, -0.15) is 0 Å². The van der Waals surface area contributed by atoms with Crippen LogP contribution >= 0.6 is 0 Å². The summed E-state index contributed by atoms with van der Waals surface area (Å²) in [7, 11) is 0. The number of aryl methyl sites for hydroxylation is 2. The minimum Gasteiger partial charge on any atom is -0.350 e. The van der Waals surface area contributed by atoms with Gasteiger partial charge in [0.1, 0.15) is 5.82 Å². The van der Waals surface area contributed by atoms with Crippen molar-refractivity contribution in [3.8, 4) is 0 Å². The number of para-hydroxylation sites is 1. The normalized spacial score (nSPS) is 12.0. The molecule has 0 aliphatic rings. The van der Waals surface area contributed by atoms with Gasteiger partial charge in [0.2, 0.25) is 0 Å². The van der Waals surface area contributed by atoms with E-state index in [0.29, 0.717) is 11.4 Å². The number of nitrogens with one attached hydrogen (secondary N) is 2. The Kier molecular flexibility index (Phi) is 5.21. The third kappa shape index (κ3) is 4.02. The molecule has 134 valence electrons. The van der Waals surface area contributed by atoms with Gasteiger partial charge in [0, 0.05) is 17.1 Å². The standard InChI is InChI=1S/C22H25N3O/c1-5-16(4)23-22(26)19-13-21(25-20-9-7-6-8-18(19)20)24-17-11-14(2)10-15(3)12-17/h6-13,16H,5H2,1-4H3,(H,23,26)(H,24,25). The minimum absolute atomic E-state index is 0.0681. The first-order valence-corrected chi connectivity index (χ1v) is 9.02. The molecule has 0 bridgehead atoms. The zero-order valence-corrected chi connectivity index (χ0v) is 15.8. The molecule has 1 unspecified atom stereocenters. The average molecular weight is 347 g/mol. The predicted molar refractivity (Wildman–Crippen MR) is 108 cm³/mol. The molecule has 0 spiro atoms. The second-order valence-corrected chi connectivity index (χ2v) is 6.86. The summed E-state index contributed by atoms with van der Waals surface area (Å²) < 4.78 is 0. The maximum absolute atomic E-state index is 12.8. The molecule has 0 fully saturated rings. The zero-order chi connectivity index (χ0) is 18.7. The fourth-order valence-electron chi connectivity index (χ4n) is 3.03. The number of benzene rings is 2. The largest absolute Gasteiger partial charge is 0.350 e. The molecule has 4 heteroatoms. The molecule has 0 saturated heterocycles. The van der Waals surface area contributed by atoms with Crippen LogP contribution in [-0.2, 0) is 0 Å². The van der Waals surface area contributed by atoms with Crippen LogP contribution in [0.4, 0.5) is 11.5 Å². The van der Waals surface area contributed by atoms with Crippen molar-refractivity contribution in [2.24, 2.45) is 0 Å². The number of fused-ring (bicyclic) bond motifs is 1. The number of aromatic nitrogens is 1. The number of amides is 1. The Morgan fingerprint density at radius 1 is 1.08 bits per heavy atom. The summed E-state index contributed by atoms with van der Waals surface area (Å²) in [5.41, 5.74) is 4.78. The van der Waals surface area contributed by atoms with Crippen LogP contribution < -0.4 is 10.6 Å². The lowest BCUT2D eigenvalue weighted by Crippen LogP contribution is -2.32. The minimum atomic E-state index is -0.0681. The van der Waals surface area contributed by atoms with Gasteiger partial charge in [-0.3, -0.25) is 4.79 Å². The molecule has 0 aliphatic heterocycles. The lowest BCUT2D eigenvalue weighted by atomic mass is 10.1. The highest BCUT2D eigenvalue weighted by Gasteiger charge is 2.14. The second kappa shape index (κ2) is 7.56. The number of nitrogens with zero attached hydrogens (tertiary/aromatic N) is 1. The number of hydrogen-bond donors (Lipinski definition) is 2. The molecular weight excluding hydrogens is 322 g/mol. The van der Waals surface area contributed by atoms with Gasteiger partial charge in [0.25, 0.3) is 5.91 Å². The first-order valence-electron chi connectivity index (χ1n) is 9.02. The smallest absolute Gasteiger partial charge is 0.252 e. The molecule has 3 rings (SSSR count). The molecular formula is C22H25N3O. The van der Waals surface area contributed by atoms with E-state index >= 15 is 0 Å². The zero-order valence-electron chi connectivity index (χ0n) is 15.8. The first-order chi connectivity index (χ1) is 12.5. The Balaban J connectivity index is 2.02. The van der Waals surface area contributed by atoms with Gasteiger partial charge >= 0.3 is 0 Å². The van der Waals surface area contributed by atoms with Crippen molar-refractivity contribution in [1.82, 2.24) is 10.3 Å². The van der Waals surface area contributed by atoms with E-state index < -0.39 is 0 Å². The van der Waals surface area contributed by atoms with Crippen LogP contribution in [0.15, 0.2) is 48.5 Å². The van der Waals surface area contributed by atoms with Crippen molar-refractivity contribution in [2.75, 3.05) is 5.32 Å². The van der Waals surface area contributed by atoms with E-state index in [2.05, 4.69) is 54.6 Å². The molecule has 2 aromatic carbocycles. The van der Waals surface area contributed by atoms with E-state index in [-0.39, 0.29) is 11.9 Å². The van der Waals surface area contributed by atoms with Crippen LogP contribution in [-0.4, -0.2) is 16.9 Å². The second-order valence-electron chi connectivity index (χ2n) is 6.86. The SMILES string of the molecule is CCC(C)NC(=O)c1cc(Nc2cc(C)cc(C)c2)nc2ccccc12. The number of carbonyl (C=O) groups is 1. The predicted octanol–water partition coefficient (Wildman–Crippen LogP) is 5.12. The van der Waals surface area contributed by atoms with Gasteiger partial charge in [-0.05, 0) is 62.6 Å². The van der Waals surface area contributed by atoms with Crippen molar-refractivity contribution in [1.29, 1.82) is 0 Å². The molecule has 26 heavy (non-hydrogen) atoms. The molecule has 0 aliphatic carbocycles. The fourth-order valence-corrected chi connectivity index (χ4v) is 3.03. The summed E-state index contributed by atoms with van der Waals surface area (Å²) in [6.07, 6.45) is 0.891. The average Bonchev–Trinajstić information content (AvgIpc) is 2.60. The molecule has 1 atom stereocenters. The van der Waals surface area contributed by atoms with Gasteiger partial charge in [0.15, 0.2) is 0 Å². The topological polar surface area (TPSA) is 54.0 Å². The van der Waals surface area contributed by atoms with Crippen LogP contribution in [0.5, 0.6) is 0 Å². The third-order valence-electron chi connectivity index (χ3n) is 4.44. The maximum atomic E-state index is 12.8. The molecule has 1 amide bonds. The van der Waals surface area contributed by atoms with E-state index in [4.69, 9.17) is 0 Å². The number of hydrogen-bond acceptors (Lipinski definition) is 3. The quantitative estimate of drug-likeness (QED) is 0.673. The van der Waals surface area contributed by atoms with E-state index in [9.17, 15) is 4.79 Å². The van der Waals surface area contributed by atoms with Crippen molar-refractivity contribution >= 4 is 28.3 Å².